The first-order valence-electron chi connectivity index (χ1n) is 8.03. The Balaban J connectivity index is 1.73. The molecule has 10 heteroatoms. The van der Waals surface area contributed by atoms with E-state index in [2.05, 4.69) is 20.3 Å². The van der Waals surface area contributed by atoms with Crippen molar-refractivity contribution in [2.75, 3.05) is 6.54 Å². The molecule has 1 N–H and O–H groups in total. The fourth-order valence-corrected chi connectivity index (χ4v) is 3.47. The van der Waals surface area contributed by atoms with Crippen LogP contribution >= 0.6 is 11.6 Å². The molecule has 2 saturated heterocycles. The largest absolute Gasteiger partial charge is 0.354 e. The number of imidazole rings is 1. The molecule has 134 valence electrons. The summed E-state index contributed by atoms with van der Waals surface area (Å²) in [6.45, 7) is 5.96. The van der Waals surface area contributed by atoms with Crippen molar-refractivity contribution in [2.24, 2.45) is 0 Å². The molecule has 2 aliphatic rings. The monoisotopic (exact) mass is 367 g/mol. The van der Waals surface area contributed by atoms with E-state index in [1.54, 1.807) is 10.9 Å². The van der Waals surface area contributed by atoms with Crippen LogP contribution in [-0.4, -0.2) is 56.1 Å². The van der Waals surface area contributed by atoms with Gasteiger partial charge in [0.25, 0.3) is 5.91 Å². The van der Waals surface area contributed by atoms with E-state index in [4.69, 9.17) is 25.8 Å². The predicted molar refractivity (Wildman–Crippen MR) is 86.8 cm³/mol. The minimum Gasteiger partial charge on any atom is -0.354 e. The van der Waals surface area contributed by atoms with Gasteiger partial charge in [0.2, 0.25) is 0 Å². The molecular weight excluding hydrogens is 350 g/mol. The predicted octanol–water partition coefficient (Wildman–Crippen LogP) is 1.03. The molecule has 25 heavy (non-hydrogen) atoms. The average Bonchev–Trinajstić information content (AvgIpc) is 3.18. The molecule has 2 aromatic rings. The van der Waals surface area contributed by atoms with Crippen molar-refractivity contribution in [3.05, 3.63) is 17.8 Å². The van der Waals surface area contributed by atoms with Crippen LogP contribution in [0.3, 0.4) is 0 Å². The maximum atomic E-state index is 12.4. The number of rotatable bonds is 3. The average molecular weight is 368 g/mol. The number of likely N-dealkylation sites (N-methyl/N-ethyl adjacent to an activating group) is 1. The quantitative estimate of drug-likeness (QED) is 0.808. The molecule has 1 amide bonds. The van der Waals surface area contributed by atoms with Crippen molar-refractivity contribution in [3.63, 3.8) is 0 Å². The number of fused-ring (bicyclic) bond motifs is 2. The Morgan fingerprint density at radius 2 is 2.08 bits per heavy atom. The van der Waals surface area contributed by atoms with Crippen LogP contribution in [0.5, 0.6) is 0 Å². The lowest BCUT2D eigenvalue weighted by Crippen LogP contribution is -2.42. The van der Waals surface area contributed by atoms with E-state index in [0.29, 0.717) is 17.7 Å². The Hall–Kier alpha value is -1.81. The summed E-state index contributed by atoms with van der Waals surface area (Å²) in [6.07, 6.45) is 0.505. The Labute approximate surface area is 148 Å². The standard InChI is InChI=1S/C15H18ClN5O4/c1-4-17-13(22)9-8-10(25-15(2,3)24-8)14(23-9)21-6-20-7-11(16)18-5-19-12(7)21/h5-6,8-10,14H,4H2,1-3H3,(H,17,22)/t8-,9+,10-,14-/m0/s1. The Bertz CT molecular complexity index is 825. The summed E-state index contributed by atoms with van der Waals surface area (Å²) in [5.74, 6) is -1.05. The van der Waals surface area contributed by atoms with Gasteiger partial charge in [-0.3, -0.25) is 9.36 Å². The Morgan fingerprint density at radius 1 is 1.32 bits per heavy atom. The lowest BCUT2D eigenvalue weighted by atomic mass is 10.1. The molecular formula is C15H18ClN5O4. The highest BCUT2D eigenvalue weighted by Gasteiger charge is 2.58. The zero-order chi connectivity index (χ0) is 17.8. The lowest BCUT2D eigenvalue weighted by molar-refractivity contribution is -0.197. The summed E-state index contributed by atoms with van der Waals surface area (Å²) in [5.41, 5.74) is 0.970. The number of nitrogens with zero attached hydrogens (tertiary/aromatic N) is 4. The molecule has 4 rings (SSSR count). The number of hydrogen-bond donors (Lipinski definition) is 1. The summed E-state index contributed by atoms with van der Waals surface area (Å²) >= 11 is 6.07. The van der Waals surface area contributed by atoms with Crippen LogP contribution in [-0.2, 0) is 19.0 Å². The molecule has 2 aromatic heterocycles. The Morgan fingerprint density at radius 3 is 2.84 bits per heavy atom. The van der Waals surface area contributed by atoms with Crippen molar-refractivity contribution in [3.8, 4) is 0 Å². The SMILES string of the molecule is CCNC(=O)[C@@H]1O[C@H](n2cnc3c(Cl)ncnc32)[C@H]2OC(C)(C)O[C@H]21. The second kappa shape index (κ2) is 5.87. The highest BCUT2D eigenvalue weighted by Crippen LogP contribution is 2.43. The molecule has 0 radical (unpaired) electrons. The van der Waals surface area contributed by atoms with E-state index in [1.807, 2.05) is 20.8 Å². The summed E-state index contributed by atoms with van der Waals surface area (Å²) in [5, 5.41) is 3.02. The first-order valence-corrected chi connectivity index (χ1v) is 8.41. The third-order valence-electron chi connectivity index (χ3n) is 4.23. The van der Waals surface area contributed by atoms with E-state index in [0.717, 1.165) is 0 Å². The molecule has 0 aliphatic carbocycles. The van der Waals surface area contributed by atoms with Gasteiger partial charge in [-0.2, -0.15) is 0 Å². The van der Waals surface area contributed by atoms with E-state index < -0.39 is 30.3 Å². The van der Waals surface area contributed by atoms with Gasteiger partial charge in [0.1, 0.15) is 24.1 Å². The minimum absolute atomic E-state index is 0.238. The van der Waals surface area contributed by atoms with Gasteiger partial charge in [0.15, 0.2) is 28.9 Å². The van der Waals surface area contributed by atoms with Gasteiger partial charge in [-0.15, -0.1) is 0 Å². The van der Waals surface area contributed by atoms with Crippen molar-refractivity contribution in [1.82, 2.24) is 24.8 Å². The highest BCUT2D eigenvalue weighted by molar-refractivity contribution is 6.33. The fourth-order valence-electron chi connectivity index (χ4n) is 3.30. The molecule has 0 aromatic carbocycles. The zero-order valence-electron chi connectivity index (χ0n) is 14.0. The van der Waals surface area contributed by atoms with Crippen LogP contribution in [0, 0.1) is 0 Å². The second-order valence-corrected chi connectivity index (χ2v) is 6.75. The maximum absolute atomic E-state index is 12.4. The second-order valence-electron chi connectivity index (χ2n) is 6.40. The first-order chi connectivity index (χ1) is 11.9. The zero-order valence-corrected chi connectivity index (χ0v) is 14.7. The van der Waals surface area contributed by atoms with Gasteiger partial charge in [0.05, 0.1) is 6.33 Å². The van der Waals surface area contributed by atoms with Crippen LogP contribution in [0.2, 0.25) is 5.15 Å². The molecule has 2 aliphatic heterocycles. The van der Waals surface area contributed by atoms with Crippen molar-refractivity contribution in [1.29, 1.82) is 0 Å². The third-order valence-corrected chi connectivity index (χ3v) is 4.50. The lowest BCUT2D eigenvalue weighted by Gasteiger charge is -2.24. The van der Waals surface area contributed by atoms with Crippen molar-refractivity contribution >= 4 is 28.7 Å². The summed E-state index contributed by atoms with van der Waals surface area (Å²) in [6, 6.07) is 0. The smallest absolute Gasteiger partial charge is 0.252 e. The summed E-state index contributed by atoms with van der Waals surface area (Å²) in [4.78, 5) is 24.8. The van der Waals surface area contributed by atoms with Gasteiger partial charge < -0.3 is 19.5 Å². The van der Waals surface area contributed by atoms with E-state index >= 15 is 0 Å². The molecule has 4 heterocycles. The number of hydrogen-bond acceptors (Lipinski definition) is 7. The molecule has 0 spiro atoms. The van der Waals surface area contributed by atoms with Crippen LogP contribution < -0.4 is 5.32 Å². The molecule has 0 bridgehead atoms. The van der Waals surface area contributed by atoms with E-state index in [-0.39, 0.29) is 11.1 Å². The number of ether oxygens (including phenoxy) is 3. The minimum atomic E-state index is -0.814. The van der Waals surface area contributed by atoms with Crippen LogP contribution in [0.4, 0.5) is 0 Å². The topological polar surface area (TPSA) is 100 Å². The highest BCUT2D eigenvalue weighted by atomic mass is 35.5. The first kappa shape index (κ1) is 16.6. The number of aromatic nitrogens is 4. The number of halogens is 1. The molecule has 9 nitrogen and oxygen atoms in total. The van der Waals surface area contributed by atoms with Crippen molar-refractivity contribution in [2.45, 2.75) is 51.1 Å². The van der Waals surface area contributed by atoms with Crippen LogP contribution in [0.1, 0.15) is 27.0 Å². The summed E-state index contributed by atoms with van der Waals surface area (Å²) in [7, 11) is 0. The third kappa shape index (κ3) is 2.67. The molecule has 0 saturated carbocycles. The van der Waals surface area contributed by atoms with Crippen molar-refractivity contribution < 1.29 is 19.0 Å². The van der Waals surface area contributed by atoms with Gasteiger partial charge in [0, 0.05) is 6.54 Å². The molecule has 0 unspecified atom stereocenters. The number of carbonyl (C=O) groups excluding carboxylic acids is 1. The van der Waals surface area contributed by atoms with Gasteiger partial charge in [-0.1, -0.05) is 11.6 Å². The summed E-state index contributed by atoms with van der Waals surface area (Å²) < 4.78 is 19.6. The van der Waals surface area contributed by atoms with Gasteiger partial charge in [-0.05, 0) is 20.8 Å². The molecule has 2 fully saturated rings. The van der Waals surface area contributed by atoms with Gasteiger partial charge >= 0.3 is 0 Å². The van der Waals surface area contributed by atoms with Crippen LogP contribution in [0.25, 0.3) is 11.2 Å². The normalized spacial score (nSPS) is 30.6. The molecule has 4 atom stereocenters. The van der Waals surface area contributed by atoms with Gasteiger partial charge in [-0.25, -0.2) is 15.0 Å². The fraction of sp³-hybridized carbons (Fsp3) is 0.600. The number of amides is 1. The Kier molecular flexibility index (Phi) is 3.91. The van der Waals surface area contributed by atoms with Crippen LogP contribution in [0.15, 0.2) is 12.7 Å². The maximum Gasteiger partial charge on any atom is 0.252 e. The van der Waals surface area contributed by atoms with E-state index in [9.17, 15) is 4.79 Å². The number of nitrogens with one attached hydrogen (secondary N) is 1. The number of carbonyl (C=O) groups is 1. The van der Waals surface area contributed by atoms with E-state index in [1.165, 1.54) is 6.33 Å².